The molecule has 0 rings (SSSR count). The summed E-state index contributed by atoms with van der Waals surface area (Å²) >= 11 is 0. The molecule has 1 N–H and O–H groups in total. The zero-order chi connectivity index (χ0) is 22.9. The normalized spacial score (nSPS) is 13.8. The van der Waals surface area contributed by atoms with Crippen molar-refractivity contribution in [2.24, 2.45) is 11.3 Å². The summed E-state index contributed by atoms with van der Waals surface area (Å²) in [5, 5.41) is 2.94. The van der Waals surface area contributed by atoms with E-state index in [1.165, 1.54) is 0 Å². The van der Waals surface area contributed by atoms with Gasteiger partial charge in [-0.1, -0.05) is 34.6 Å². The lowest BCUT2D eigenvalue weighted by Gasteiger charge is -2.32. The van der Waals surface area contributed by atoms with Gasteiger partial charge in [0.2, 0.25) is 5.91 Å². The summed E-state index contributed by atoms with van der Waals surface area (Å²) in [4.78, 5) is 12.2. The molecule has 0 aromatic rings. The van der Waals surface area contributed by atoms with Crippen LogP contribution in [0, 0.1) is 11.3 Å². The van der Waals surface area contributed by atoms with Crippen LogP contribution in [0.5, 0.6) is 0 Å². The molecule has 0 aromatic heterocycles. The molecular weight excluding hydrogens is 366 g/mol. The molecule has 0 heterocycles. The molecular formula is C24H49NO4. The second kappa shape index (κ2) is 11.7. The summed E-state index contributed by atoms with van der Waals surface area (Å²) in [7, 11) is 0. The van der Waals surface area contributed by atoms with E-state index in [4.69, 9.17) is 14.2 Å². The molecule has 0 aliphatic carbocycles. The van der Waals surface area contributed by atoms with Crippen molar-refractivity contribution in [2.45, 2.75) is 112 Å². The number of hydrogen-bond acceptors (Lipinski definition) is 4. The number of ether oxygens (including phenoxy) is 3. The lowest BCUT2D eigenvalue weighted by molar-refractivity contribution is -0.128. The lowest BCUT2D eigenvalue weighted by atomic mass is 9.93. The van der Waals surface area contributed by atoms with Gasteiger partial charge >= 0.3 is 0 Å². The van der Waals surface area contributed by atoms with Gasteiger partial charge in [-0.2, -0.15) is 0 Å². The van der Waals surface area contributed by atoms with Crippen LogP contribution >= 0.6 is 0 Å². The largest absolute Gasteiger partial charge is 0.375 e. The standard InChI is InChI=1S/C24H49NO4/c1-19(2)24(10,11)29-16-13-22(6,7)28-17-14-25-20(26)18-23(8,9)27-15-12-21(3,4)5/h19H,12-18H2,1-11H3,(H,25,26). The number of rotatable bonds is 14. The Morgan fingerprint density at radius 1 is 0.759 bits per heavy atom. The van der Waals surface area contributed by atoms with Crippen LogP contribution in [0.2, 0.25) is 0 Å². The Kier molecular flexibility index (Phi) is 11.4. The molecule has 0 atom stereocenters. The van der Waals surface area contributed by atoms with Gasteiger partial charge in [0, 0.05) is 13.2 Å². The Hall–Kier alpha value is -0.650. The van der Waals surface area contributed by atoms with Gasteiger partial charge in [0.1, 0.15) is 0 Å². The third-order valence-electron chi connectivity index (χ3n) is 5.42. The van der Waals surface area contributed by atoms with Gasteiger partial charge < -0.3 is 19.5 Å². The Morgan fingerprint density at radius 2 is 1.28 bits per heavy atom. The Bertz CT molecular complexity index is 476. The topological polar surface area (TPSA) is 56.8 Å². The maximum atomic E-state index is 12.2. The number of amides is 1. The highest BCUT2D eigenvalue weighted by atomic mass is 16.5. The molecule has 0 fully saturated rings. The monoisotopic (exact) mass is 415 g/mol. The second-order valence-electron chi connectivity index (χ2n) is 11.4. The number of hydrogen-bond donors (Lipinski definition) is 1. The highest BCUT2D eigenvalue weighted by Crippen LogP contribution is 2.23. The third-order valence-corrected chi connectivity index (χ3v) is 5.42. The van der Waals surface area contributed by atoms with E-state index in [1.807, 2.05) is 13.8 Å². The predicted octanol–water partition coefficient (Wildman–Crippen LogP) is 5.36. The van der Waals surface area contributed by atoms with Gasteiger partial charge in [0.15, 0.2) is 0 Å². The first-order chi connectivity index (χ1) is 13.0. The molecule has 1 amide bonds. The Labute approximate surface area is 180 Å². The second-order valence-corrected chi connectivity index (χ2v) is 11.4. The minimum atomic E-state index is -0.462. The van der Waals surface area contributed by atoms with Crippen LogP contribution in [0.4, 0.5) is 0 Å². The first-order valence-corrected chi connectivity index (χ1v) is 11.1. The smallest absolute Gasteiger partial charge is 0.222 e. The Balaban J connectivity index is 4.08. The maximum Gasteiger partial charge on any atom is 0.222 e. The van der Waals surface area contributed by atoms with Crippen molar-refractivity contribution >= 4 is 5.91 Å². The molecule has 0 aliphatic heterocycles. The molecule has 0 aromatic carbocycles. The van der Waals surface area contributed by atoms with E-state index in [1.54, 1.807) is 0 Å². The molecule has 174 valence electrons. The van der Waals surface area contributed by atoms with E-state index in [0.717, 1.165) is 12.8 Å². The van der Waals surface area contributed by atoms with E-state index >= 15 is 0 Å². The van der Waals surface area contributed by atoms with Gasteiger partial charge in [0.05, 0.1) is 36.4 Å². The van der Waals surface area contributed by atoms with Crippen LogP contribution in [0.1, 0.15) is 95.4 Å². The van der Waals surface area contributed by atoms with Gasteiger partial charge in [-0.3, -0.25) is 4.79 Å². The summed E-state index contributed by atoms with van der Waals surface area (Å²) in [6.45, 7) is 25.5. The minimum Gasteiger partial charge on any atom is -0.375 e. The zero-order valence-electron chi connectivity index (χ0n) is 21.2. The molecule has 0 saturated carbocycles. The summed E-state index contributed by atoms with van der Waals surface area (Å²) in [6, 6.07) is 0. The van der Waals surface area contributed by atoms with Crippen molar-refractivity contribution < 1.29 is 19.0 Å². The molecule has 5 nitrogen and oxygen atoms in total. The van der Waals surface area contributed by atoms with Gasteiger partial charge in [0.25, 0.3) is 0 Å². The van der Waals surface area contributed by atoms with Crippen molar-refractivity contribution in [2.75, 3.05) is 26.4 Å². The van der Waals surface area contributed by atoms with Crippen LogP contribution in [0.3, 0.4) is 0 Å². The van der Waals surface area contributed by atoms with Crippen LogP contribution in [0.15, 0.2) is 0 Å². The summed E-state index contributed by atoms with van der Waals surface area (Å²) < 4.78 is 17.9. The highest BCUT2D eigenvalue weighted by Gasteiger charge is 2.26. The summed E-state index contributed by atoms with van der Waals surface area (Å²) in [6.07, 6.45) is 2.13. The average molecular weight is 416 g/mol. The molecule has 29 heavy (non-hydrogen) atoms. The van der Waals surface area contributed by atoms with Crippen LogP contribution < -0.4 is 5.32 Å². The first-order valence-electron chi connectivity index (χ1n) is 11.1. The van der Waals surface area contributed by atoms with Crippen molar-refractivity contribution in [3.05, 3.63) is 0 Å². The average Bonchev–Trinajstić information content (AvgIpc) is 2.49. The van der Waals surface area contributed by atoms with E-state index in [9.17, 15) is 4.79 Å². The number of nitrogens with one attached hydrogen (secondary N) is 1. The molecule has 0 spiro atoms. The fourth-order valence-electron chi connectivity index (χ4n) is 2.45. The lowest BCUT2D eigenvalue weighted by Crippen LogP contribution is -2.38. The highest BCUT2D eigenvalue weighted by molar-refractivity contribution is 5.76. The molecule has 0 bridgehead atoms. The minimum absolute atomic E-state index is 0.00539. The van der Waals surface area contributed by atoms with Gasteiger partial charge in [-0.05, 0) is 65.7 Å². The first kappa shape index (κ1) is 28.4. The van der Waals surface area contributed by atoms with Gasteiger partial charge in [-0.25, -0.2) is 0 Å². The zero-order valence-corrected chi connectivity index (χ0v) is 21.2. The number of carbonyl (C=O) groups is 1. The molecule has 0 saturated heterocycles. The van der Waals surface area contributed by atoms with Crippen LogP contribution in [-0.2, 0) is 19.0 Å². The van der Waals surface area contributed by atoms with E-state index in [-0.39, 0.29) is 22.5 Å². The summed E-state index contributed by atoms with van der Waals surface area (Å²) in [5.41, 5.74) is -0.646. The Morgan fingerprint density at radius 3 is 1.79 bits per heavy atom. The molecule has 0 aliphatic rings. The third kappa shape index (κ3) is 14.9. The fourth-order valence-corrected chi connectivity index (χ4v) is 2.45. The van der Waals surface area contributed by atoms with Crippen molar-refractivity contribution in [1.82, 2.24) is 5.32 Å². The van der Waals surface area contributed by atoms with E-state index in [2.05, 4.69) is 67.6 Å². The van der Waals surface area contributed by atoms with Crippen molar-refractivity contribution in [1.29, 1.82) is 0 Å². The molecule has 5 heteroatoms. The quantitative estimate of drug-likeness (QED) is 0.388. The van der Waals surface area contributed by atoms with Crippen molar-refractivity contribution in [3.8, 4) is 0 Å². The summed E-state index contributed by atoms with van der Waals surface area (Å²) in [5.74, 6) is 0.456. The van der Waals surface area contributed by atoms with Crippen molar-refractivity contribution in [3.63, 3.8) is 0 Å². The maximum absolute atomic E-state index is 12.2. The fraction of sp³-hybridized carbons (Fsp3) is 0.958. The molecule has 0 radical (unpaired) electrons. The van der Waals surface area contributed by atoms with Crippen LogP contribution in [0.25, 0.3) is 0 Å². The van der Waals surface area contributed by atoms with Crippen LogP contribution in [-0.4, -0.2) is 49.1 Å². The van der Waals surface area contributed by atoms with E-state index < -0.39 is 5.60 Å². The SMILES string of the molecule is CC(C)C(C)(C)OCCC(C)(C)OCCNC(=O)CC(C)(C)OCCC(C)(C)C. The predicted molar refractivity (Wildman–Crippen MR) is 121 cm³/mol. The van der Waals surface area contributed by atoms with E-state index in [0.29, 0.717) is 38.7 Å². The van der Waals surface area contributed by atoms with Gasteiger partial charge in [-0.15, -0.1) is 0 Å². The molecule has 0 unspecified atom stereocenters. The number of carbonyl (C=O) groups excluding carboxylic acids is 1.